The minimum absolute atomic E-state index is 0.0908. The number of piperazine rings is 1. The minimum atomic E-state index is -0.244. The molecule has 0 aliphatic carbocycles. The van der Waals surface area contributed by atoms with Crippen LogP contribution in [-0.4, -0.2) is 47.0 Å². The van der Waals surface area contributed by atoms with Gasteiger partial charge in [0.25, 0.3) is 5.91 Å². The van der Waals surface area contributed by atoms with Crippen LogP contribution >= 0.6 is 11.3 Å². The Labute approximate surface area is 208 Å². The van der Waals surface area contributed by atoms with E-state index in [-0.39, 0.29) is 11.7 Å². The van der Waals surface area contributed by atoms with Crippen LogP contribution in [0.2, 0.25) is 0 Å². The van der Waals surface area contributed by atoms with E-state index in [2.05, 4.69) is 11.8 Å². The molecule has 0 N–H and O–H groups in total. The minimum Gasteiger partial charge on any atom is -0.353 e. The molecule has 7 heteroatoms. The summed E-state index contributed by atoms with van der Waals surface area (Å²) in [5.74, 6) is 1.46. The van der Waals surface area contributed by atoms with E-state index >= 15 is 0 Å². The number of nitrogens with zero attached hydrogens (tertiary/aromatic N) is 4. The van der Waals surface area contributed by atoms with Crippen LogP contribution in [0.1, 0.15) is 33.4 Å². The number of aromatic nitrogens is 2. The van der Waals surface area contributed by atoms with Gasteiger partial charge in [-0.15, -0.1) is 11.3 Å². The molecule has 2 aromatic carbocycles. The summed E-state index contributed by atoms with van der Waals surface area (Å²) in [6.07, 6.45) is 1.39. The number of thiophene rings is 1. The Kier molecular flexibility index (Phi) is 6.86. The van der Waals surface area contributed by atoms with Gasteiger partial charge in [-0.25, -0.2) is 14.4 Å². The van der Waals surface area contributed by atoms with Crippen molar-refractivity contribution in [2.24, 2.45) is 0 Å². The number of anilines is 1. The van der Waals surface area contributed by atoms with Gasteiger partial charge < -0.3 is 9.80 Å². The summed E-state index contributed by atoms with van der Waals surface area (Å²) < 4.78 is 13.5. The Balaban J connectivity index is 1.48. The van der Waals surface area contributed by atoms with Gasteiger partial charge in [-0.1, -0.05) is 55.5 Å². The molecule has 35 heavy (non-hydrogen) atoms. The van der Waals surface area contributed by atoms with Crippen LogP contribution in [0.3, 0.4) is 0 Å². The molecule has 4 aromatic rings. The molecule has 0 atom stereocenters. The average Bonchev–Trinajstić information content (AvgIpc) is 3.45. The first-order chi connectivity index (χ1) is 17.1. The van der Waals surface area contributed by atoms with Crippen LogP contribution in [0.5, 0.6) is 0 Å². The zero-order valence-electron chi connectivity index (χ0n) is 19.7. The molecule has 5 nitrogen and oxygen atoms in total. The van der Waals surface area contributed by atoms with Gasteiger partial charge in [0.05, 0.1) is 4.88 Å². The SMILES string of the molecule is CCc1nc(-c2ccccc2)nc(N2CCN(C(=O)c3cccs3)CC2)c1Cc1ccc(F)cc1. The van der Waals surface area contributed by atoms with Crippen molar-refractivity contribution in [2.45, 2.75) is 19.8 Å². The molecule has 1 saturated heterocycles. The number of halogens is 1. The summed E-state index contributed by atoms with van der Waals surface area (Å²) in [6, 6.07) is 20.4. The first-order valence-electron chi connectivity index (χ1n) is 11.9. The maximum Gasteiger partial charge on any atom is 0.264 e. The van der Waals surface area contributed by atoms with Gasteiger partial charge in [0.2, 0.25) is 0 Å². The van der Waals surface area contributed by atoms with E-state index in [4.69, 9.17) is 9.97 Å². The van der Waals surface area contributed by atoms with Gasteiger partial charge in [0, 0.05) is 49.4 Å². The Morgan fingerprint density at radius 1 is 0.943 bits per heavy atom. The number of carbonyl (C=O) groups excluding carboxylic acids is 1. The fourth-order valence-corrected chi connectivity index (χ4v) is 5.14. The van der Waals surface area contributed by atoms with Crippen molar-refractivity contribution in [3.63, 3.8) is 0 Å². The predicted molar refractivity (Wildman–Crippen MR) is 138 cm³/mol. The summed E-state index contributed by atoms with van der Waals surface area (Å²) in [5, 5.41) is 1.93. The predicted octanol–water partition coefficient (Wildman–Crippen LogP) is 5.46. The fraction of sp³-hybridized carbons (Fsp3) is 0.250. The number of amides is 1. The molecule has 1 amide bonds. The molecule has 0 bridgehead atoms. The summed E-state index contributed by atoms with van der Waals surface area (Å²) in [4.78, 5) is 27.8. The number of carbonyl (C=O) groups is 1. The van der Waals surface area contributed by atoms with Crippen LogP contribution in [0, 0.1) is 5.82 Å². The molecule has 1 aliphatic rings. The monoisotopic (exact) mass is 486 g/mol. The normalized spacial score (nSPS) is 13.8. The second kappa shape index (κ2) is 10.4. The molecule has 0 radical (unpaired) electrons. The zero-order chi connectivity index (χ0) is 24.2. The second-order valence-electron chi connectivity index (χ2n) is 8.58. The van der Waals surface area contributed by atoms with E-state index in [1.807, 2.05) is 64.9 Å². The van der Waals surface area contributed by atoms with Crippen molar-refractivity contribution in [1.29, 1.82) is 0 Å². The van der Waals surface area contributed by atoms with Crippen LogP contribution in [0.25, 0.3) is 11.4 Å². The lowest BCUT2D eigenvalue weighted by Gasteiger charge is -2.36. The first kappa shape index (κ1) is 23.2. The summed E-state index contributed by atoms with van der Waals surface area (Å²) in [5.41, 5.74) is 4.06. The van der Waals surface area contributed by atoms with Crippen LogP contribution in [0.15, 0.2) is 72.1 Å². The lowest BCUT2D eigenvalue weighted by atomic mass is 10.0. The molecule has 178 valence electrons. The number of rotatable bonds is 6. The maximum atomic E-state index is 13.5. The van der Waals surface area contributed by atoms with Crippen molar-refractivity contribution in [3.05, 3.63) is 99.6 Å². The van der Waals surface area contributed by atoms with E-state index in [1.54, 1.807) is 0 Å². The van der Waals surface area contributed by atoms with Crippen LogP contribution in [0.4, 0.5) is 10.2 Å². The maximum absolute atomic E-state index is 13.5. The molecule has 0 unspecified atom stereocenters. The van der Waals surface area contributed by atoms with Crippen molar-refractivity contribution in [2.75, 3.05) is 31.1 Å². The molecular weight excluding hydrogens is 459 g/mol. The number of hydrogen-bond acceptors (Lipinski definition) is 5. The topological polar surface area (TPSA) is 49.3 Å². The van der Waals surface area contributed by atoms with Gasteiger partial charge in [-0.2, -0.15) is 0 Å². The average molecular weight is 487 g/mol. The smallest absolute Gasteiger partial charge is 0.264 e. The third-order valence-corrected chi connectivity index (χ3v) is 7.19. The number of aryl methyl sites for hydroxylation is 1. The summed E-state index contributed by atoms with van der Waals surface area (Å²) in [6.45, 7) is 4.77. The molecule has 1 fully saturated rings. The standard InChI is InChI=1S/C28H27FN4OS/c1-2-24-23(19-20-10-12-22(29)13-11-20)27(31-26(30-24)21-7-4-3-5-8-21)32-14-16-33(17-15-32)28(34)25-9-6-18-35-25/h3-13,18H,2,14-17,19H2,1H3. The van der Waals surface area contributed by atoms with Crippen molar-refractivity contribution < 1.29 is 9.18 Å². The first-order valence-corrected chi connectivity index (χ1v) is 12.8. The second-order valence-corrected chi connectivity index (χ2v) is 9.52. The summed E-state index contributed by atoms with van der Waals surface area (Å²) >= 11 is 1.48. The van der Waals surface area contributed by atoms with Crippen LogP contribution in [-0.2, 0) is 12.8 Å². The van der Waals surface area contributed by atoms with E-state index < -0.39 is 0 Å². The highest BCUT2D eigenvalue weighted by Gasteiger charge is 2.26. The molecule has 3 heterocycles. The van der Waals surface area contributed by atoms with E-state index in [1.165, 1.54) is 23.5 Å². The van der Waals surface area contributed by atoms with E-state index in [9.17, 15) is 9.18 Å². The third-order valence-electron chi connectivity index (χ3n) is 6.33. The Morgan fingerprint density at radius 3 is 2.34 bits per heavy atom. The van der Waals surface area contributed by atoms with Gasteiger partial charge in [-0.05, 0) is 35.6 Å². The van der Waals surface area contributed by atoms with Crippen molar-refractivity contribution in [1.82, 2.24) is 14.9 Å². The summed E-state index contributed by atoms with van der Waals surface area (Å²) in [7, 11) is 0. The number of hydrogen-bond donors (Lipinski definition) is 0. The highest BCUT2D eigenvalue weighted by molar-refractivity contribution is 7.12. The Bertz CT molecular complexity index is 1280. The quantitative estimate of drug-likeness (QED) is 0.363. The fourth-order valence-electron chi connectivity index (χ4n) is 4.45. The van der Waals surface area contributed by atoms with Crippen molar-refractivity contribution in [3.8, 4) is 11.4 Å². The molecular formula is C28H27FN4OS. The van der Waals surface area contributed by atoms with Gasteiger partial charge >= 0.3 is 0 Å². The molecule has 5 rings (SSSR count). The van der Waals surface area contributed by atoms with Gasteiger partial charge in [-0.3, -0.25) is 4.79 Å². The Hall–Kier alpha value is -3.58. The molecule has 1 aliphatic heterocycles. The molecule has 2 aromatic heterocycles. The lowest BCUT2D eigenvalue weighted by Crippen LogP contribution is -2.49. The van der Waals surface area contributed by atoms with Crippen molar-refractivity contribution >= 4 is 23.1 Å². The highest BCUT2D eigenvalue weighted by Crippen LogP contribution is 2.29. The van der Waals surface area contributed by atoms with Gasteiger partial charge in [0.1, 0.15) is 11.6 Å². The van der Waals surface area contributed by atoms with E-state index in [0.29, 0.717) is 38.4 Å². The Morgan fingerprint density at radius 2 is 1.69 bits per heavy atom. The molecule has 0 saturated carbocycles. The number of benzene rings is 2. The zero-order valence-corrected chi connectivity index (χ0v) is 20.5. The van der Waals surface area contributed by atoms with E-state index in [0.717, 1.165) is 39.5 Å². The van der Waals surface area contributed by atoms with Crippen LogP contribution < -0.4 is 4.90 Å². The largest absolute Gasteiger partial charge is 0.353 e. The lowest BCUT2D eigenvalue weighted by molar-refractivity contribution is 0.0751. The highest BCUT2D eigenvalue weighted by atomic mass is 32.1. The van der Waals surface area contributed by atoms with Gasteiger partial charge in [0.15, 0.2) is 5.82 Å². The third kappa shape index (κ3) is 5.10. The molecule has 0 spiro atoms.